The number of methoxy groups -OCH3 is 1. The van der Waals surface area contributed by atoms with Gasteiger partial charge in [-0.3, -0.25) is 19.3 Å². The van der Waals surface area contributed by atoms with E-state index in [0.717, 1.165) is 22.2 Å². The Labute approximate surface area is 224 Å². The molecule has 0 radical (unpaired) electrons. The quantitative estimate of drug-likeness (QED) is 0.324. The van der Waals surface area contributed by atoms with Crippen molar-refractivity contribution in [3.8, 4) is 11.5 Å². The number of thioether (sulfide) groups is 1. The number of carbonyl (C=O) groups is 4. The summed E-state index contributed by atoms with van der Waals surface area (Å²) in [6, 6.07) is 10.5. The van der Waals surface area contributed by atoms with Crippen molar-refractivity contribution in [1.82, 2.24) is 4.90 Å². The molecule has 11 heteroatoms. The zero-order chi connectivity index (χ0) is 27.1. The predicted octanol–water partition coefficient (Wildman–Crippen LogP) is 5.09. The first kappa shape index (κ1) is 28.1. The van der Waals surface area contributed by atoms with Gasteiger partial charge in [0.25, 0.3) is 11.1 Å². The topological polar surface area (TPSA) is 111 Å². The summed E-state index contributed by atoms with van der Waals surface area (Å²) >= 11 is 7.06. The van der Waals surface area contributed by atoms with E-state index in [4.69, 9.17) is 21.1 Å². The van der Waals surface area contributed by atoms with Crippen molar-refractivity contribution >= 4 is 58.1 Å². The summed E-state index contributed by atoms with van der Waals surface area (Å²) in [7, 11) is 1.24. The van der Waals surface area contributed by atoms with Crippen molar-refractivity contribution in [2.75, 3.05) is 32.2 Å². The van der Waals surface area contributed by atoms with Crippen LogP contribution in [0.4, 0.5) is 10.5 Å². The number of ether oxygens (including phenoxy) is 3. The molecule has 0 aliphatic carbocycles. The van der Waals surface area contributed by atoms with E-state index >= 15 is 0 Å². The van der Waals surface area contributed by atoms with Crippen LogP contribution in [-0.4, -0.2) is 54.8 Å². The average Bonchev–Trinajstić information content (AvgIpc) is 3.11. The Morgan fingerprint density at radius 2 is 1.84 bits per heavy atom. The lowest BCUT2D eigenvalue weighted by molar-refractivity contribution is -0.143. The minimum Gasteiger partial charge on any atom is -0.490 e. The maximum Gasteiger partial charge on any atom is 0.343 e. The fourth-order valence-electron chi connectivity index (χ4n) is 3.35. The Kier molecular flexibility index (Phi) is 9.60. The lowest BCUT2D eigenvalue weighted by Crippen LogP contribution is -2.36. The number of esters is 1. The molecule has 0 bridgehead atoms. The second kappa shape index (κ2) is 12.6. The summed E-state index contributed by atoms with van der Waals surface area (Å²) in [5, 5.41) is 2.29. The van der Waals surface area contributed by atoms with Gasteiger partial charge in [-0.25, -0.2) is 4.79 Å². The normalized spacial score (nSPS) is 14.3. The van der Waals surface area contributed by atoms with Crippen LogP contribution in [-0.2, 0) is 19.1 Å². The van der Waals surface area contributed by atoms with Crippen LogP contribution in [0.15, 0.2) is 41.3 Å². The molecule has 0 unspecified atom stereocenters. The number of imide groups is 1. The van der Waals surface area contributed by atoms with E-state index in [1.807, 2.05) is 12.1 Å². The molecule has 0 spiro atoms. The van der Waals surface area contributed by atoms with Gasteiger partial charge in [0.1, 0.15) is 6.54 Å². The minimum atomic E-state index is -0.597. The number of halogens is 1. The number of hydrogen-bond donors (Lipinski definition) is 1. The molecule has 3 rings (SSSR count). The minimum absolute atomic E-state index is 0.126. The van der Waals surface area contributed by atoms with Crippen LogP contribution < -0.4 is 14.8 Å². The van der Waals surface area contributed by atoms with E-state index in [2.05, 4.69) is 23.9 Å². The van der Waals surface area contributed by atoms with E-state index in [9.17, 15) is 19.2 Å². The molecular weight excluding hydrogens is 520 g/mol. The maximum absolute atomic E-state index is 12.9. The highest BCUT2D eigenvalue weighted by Crippen LogP contribution is 2.39. The highest BCUT2D eigenvalue weighted by atomic mass is 35.5. The largest absolute Gasteiger partial charge is 0.490 e. The molecule has 37 heavy (non-hydrogen) atoms. The Morgan fingerprint density at radius 3 is 2.46 bits per heavy atom. The molecule has 9 nitrogen and oxygen atoms in total. The van der Waals surface area contributed by atoms with Gasteiger partial charge < -0.3 is 19.5 Å². The summed E-state index contributed by atoms with van der Waals surface area (Å²) < 4.78 is 15.6. The van der Waals surface area contributed by atoms with Crippen molar-refractivity contribution < 1.29 is 33.4 Å². The number of carbonyl (C=O) groups excluding carboxylic acids is 4. The molecular formula is C26H27ClN2O7S. The monoisotopic (exact) mass is 546 g/mol. The van der Waals surface area contributed by atoms with Crippen molar-refractivity contribution in [3.05, 3.63) is 57.5 Å². The molecule has 1 aliphatic rings. The standard InChI is InChI=1S/C26H27ClN2O7S/c1-5-35-20-11-16(10-19(27)24(20)36-14-23(31)34-4)12-21-25(32)29(26(33)37-21)13-22(30)28-18-8-6-17(7-9-18)15(2)3/h6-12,15H,5,13-14H2,1-4H3,(H,28,30)/b21-12-. The summed E-state index contributed by atoms with van der Waals surface area (Å²) in [5.41, 5.74) is 2.17. The van der Waals surface area contributed by atoms with Crippen LogP contribution in [0.25, 0.3) is 6.08 Å². The first-order valence-electron chi connectivity index (χ1n) is 11.4. The average molecular weight is 547 g/mol. The van der Waals surface area contributed by atoms with Gasteiger partial charge in [0, 0.05) is 5.69 Å². The van der Waals surface area contributed by atoms with Crippen LogP contribution in [0.3, 0.4) is 0 Å². The zero-order valence-corrected chi connectivity index (χ0v) is 22.4. The molecule has 1 N–H and O–H groups in total. The summed E-state index contributed by atoms with van der Waals surface area (Å²) in [6.45, 7) is 5.41. The van der Waals surface area contributed by atoms with Crippen molar-refractivity contribution in [1.29, 1.82) is 0 Å². The van der Waals surface area contributed by atoms with Gasteiger partial charge in [0.2, 0.25) is 5.91 Å². The zero-order valence-electron chi connectivity index (χ0n) is 20.8. The van der Waals surface area contributed by atoms with Gasteiger partial charge in [-0.05, 0) is 66.1 Å². The smallest absolute Gasteiger partial charge is 0.343 e. The molecule has 2 aromatic carbocycles. The van der Waals surface area contributed by atoms with Crippen molar-refractivity contribution in [2.24, 2.45) is 0 Å². The van der Waals surface area contributed by atoms with Gasteiger partial charge in [0.15, 0.2) is 18.1 Å². The molecule has 0 saturated carbocycles. The molecule has 2 aromatic rings. The lowest BCUT2D eigenvalue weighted by atomic mass is 10.0. The number of rotatable bonds is 10. The van der Waals surface area contributed by atoms with Gasteiger partial charge in [0.05, 0.1) is 23.6 Å². The first-order valence-corrected chi connectivity index (χ1v) is 12.6. The fourth-order valence-corrected chi connectivity index (χ4v) is 4.46. The lowest BCUT2D eigenvalue weighted by Gasteiger charge is -2.14. The van der Waals surface area contributed by atoms with Crippen LogP contribution in [0.1, 0.15) is 37.8 Å². The van der Waals surface area contributed by atoms with Gasteiger partial charge in [-0.1, -0.05) is 37.6 Å². The summed E-state index contributed by atoms with van der Waals surface area (Å²) in [4.78, 5) is 50.3. The molecule has 196 valence electrons. The molecule has 1 saturated heterocycles. The molecule has 0 atom stereocenters. The van der Waals surface area contributed by atoms with Crippen molar-refractivity contribution in [3.63, 3.8) is 0 Å². The predicted molar refractivity (Wildman–Crippen MR) is 142 cm³/mol. The van der Waals surface area contributed by atoms with Gasteiger partial charge >= 0.3 is 5.97 Å². The van der Waals surface area contributed by atoms with Crippen molar-refractivity contribution in [2.45, 2.75) is 26.7 Å². The van der Waals surface area contributed by atoms with Crippen LogP contribution in [0.2, 0.25) is 5.02 Å². The molecule has 1 aliphatic heterocycles. The number of amides is 3. The highest BCUT2D eigenvalue weighted by Gasteiger charge is 2.36. The molecule has 3 amide bonds. The van der Waals surface area contributed by atoms with Gasteiger partial charge in [-0.2, -0.15) is 0 Å². The Bertz CT molecular complexity index is 1230. The Hall–Kier alpha value is -3.50. The van der Waals surface area contributed by atoms with E-state index in [0.29, 0.717) is 23.8 Å². The third-order valence-corrected chi connectivity index (χ3v) is 6.42. The third-order valence-electron chi connectivity index (χ3n) is 5.23. The molecule has 0 aromatic heterocycles. The first-order chi connectivity index (χ1) is 17.6. The second-order valence-electron chi connectivity index (χ2n) is 8.22. The van der Waals surface area contributed by atoms with E-state index in [1.165, 1.54) is 19.3 Å². The number of nitrogens with zero attached hydrogens (tertiary/aromatic N) is 1. The second-order valence-corrected chi connectivity index (χ2v) is 9.62. The van der Waals surface area contributed by atoms with E-state index in [1.54, 1.807) is 25.1 Å². The number of anilines is 1. The van der Waals surface area contributed by atoms with Crippen LogP contribution >= 0.6 is 23.4 Å². The highest BCUT2D eigenvalue weighted by molar-refractivity contribution is 8.18. The SMILES string of the molecule is CCOc1cc(/C=C2\SC(=O)N(CC(=O)Nc3ccc(C(C)C)cc3)C2=O)cc(Cl)c1OCC(=O)OC. The number of nitrogens with one attached hydrogen (secondary N) is 1. The maximum atomic E-state index is 12.9. The summed E-state index contributed by atoms with van der Waals surface area (Å²) in [5.74, 6) is -0.915. The van der Waals surface area contributed by atoms with E-state index in [-0.39, 0.29) is 28.0 Å². The summed E-state index contributed by atoms with van der Waals surface area (Å²) in [6.07, 6.45) is 1.48. The Balaban J connectivity index is 1.73. The molecule has 1 heterocycles. The number of hydrogen-bond acceptors (Lipinski definition) is 8. The number of benzene rings is 2. The van der Waals surface area contributed by atoms with Crippen LogP contribution in [0.5, 0.6) is 11.5 Å². The van der Waals surface area contributed by atoms with Crippen LogP contribution in [0, 0.1) is 0 Å². The Morgan fingerprint density at radius 1 is 1.14 bits per heavy atom. The third kappa shape index (κ3) is 7.27. The fraction of sp³-hybridized carbons (Fsp3) is 0.308. The van der Waals surface area contributed by atoms with E-state index < -0.39 is 29.6 Å². The van der Waals surface area contributed by atoms with Gasteiger partial charge in [-0.15, -0.1) is 0 Å². The molecule has 1 fully saturated rings.